The molecule has 1 fully saturated rings. The summed E-state index contributed by atoms with van der Waals surface area (Å²) in [5.41, 5.74) is 5.47. The van der Waals surface area contributed by atoms with Crippen LogP contribution in [0.5, 0.6) is 0 Å². The number of piperidine rings is 1. The van der Waals surface area contributed by atoms with Crippen molar-refractivity contribution in [3.63, 3.8) is 0 Å². The van der Waals surface area contributed by atoms with Crippen LogP contribution in [0.4, 0.5) is 5.88 Å². The summed E-state index contributed by atoms with van der Waals surface area (Å²) in [6, 6.07) is 2.37. The number of nitrogens with two attached hydrogens (primary N) is 1. The van der Waals surface area contributed by atoms with Gasteiger partial charge in [-0.1, -0.05) is 0 Å². The Morgan fingerprint density at radius 2 is 2.06 bits per heavy atom. The molecule has 2 heterocycles. The summed E-state index contributed by atoms with van der Waals surface area (Å²) in [5.74, 6) is -0.0287. The number of hydrogen-bond donors (Lipinski definition) is 2. The second kappa shape index (κ2) is 4.57. The van der Waals surface area contributed by atoms with Gasteiger partial charge in [0.05, 0.1) is 0 Å². The molecule has 5 heteroatoms. The van der Waals surface area contributed by atoms with Crippen molar-refractivity contribution < 1.29 is 14.3 Å². The number of hydrogen-bond acceptors (Lipinski definition) is 4. The third kappa shape index (κ3) is 2.19. The largest absolute Gasteiger partial charge is 0.480 e. The van der Waals surface area contributed by atoms with Gasteiger partial charge in [0.2, 0.25) is 0 Å². The first kappa shape index (κ1) is 11.0. The summed E-state index contributed by atoms with van der Waals surface area (Å²) in [6.45, 7) is 1.94. The number of aliphatic carboxylic acids is 1. The molecule has 5 nitrogen and oxygen atoms in total. The lowest BCUT2D eigenvalue weighted by atomic mass is 10.1. The standard InChI is InChI=1S/C11H16N2O3/c12-10(11(14)15)8-4-5-9(16-8)13-6-2-1-3-7-13/h4-5,10H,1-3,6-7,12H2,(H,14,15)/t10-/m0/s1. The third-order valence-corrected chi connectivity index (χ3v) is 2.85. The molecule has 2 rings (SSSR count). The molecular weight excluding hydrogens is 208 g/mol. The first-order valence-corrected chi connectivity index (χ1v) is 5.51. The average molecular weight is 224 g/mol. The zero-order chi connectivity index (χ0) is 11.5. The van der Waals surface area contributed by atoms with Crippen LogP contribution in [0.3, 0.4) is 0 Å². The van der Waals surface area contributed by atoms with Crippen molar-refractivity contribution >= 4 is 11.9 Å². The van der Waals surface area contributed by atoms with Crippen molar-refractivity contribution in [1.82, 2.24) is 0 Å². The van der Waals surface area contributed by atoms with Gasteiger partial charge in [-0.15, -0.1) is 0 Å². The Hall–Kier alpha value is -1.49. The van der Waals surface area contributed by atoms with E-state index in [0.29, 0.717) is 5.76 Å². The van der Waals surface area contributed by atoms with Crippen LogP contribution in [0.1, 0.15) is 31.1 Å². The maximum Gasteiger partial charge on any atom is 0.328 e. The van der Waals surface area contributed by atoms with Crippen LogP contribution in [0.15, 0.2) is 16.5 Å². The molecule has 3 N–H and O–H groups in total. The minimum Gasteiger partial charge on any atom is -0.480 e. The highest BCUT2D eigenvalue weighted by molar-refractivity contribution is 5.74. The van der Waals surface area contributed by atoms with Crippen LogP contribution in [-0.4, -0.2) is 24.2 Å². The van der Waals surface area contributed by atoms with Gasteiger partial charge in [-0.25, -0.2) is 0 Å². The Bertz CT molecular complexity index is 369. The van der Waals surface area contributed by atoms with Gasteiger partial charge in [-0.05, 0) is 25.3 Å². The minimum atomic E-state index is -1.07. The van der Waals surface area contributed by atoms with Crippen LogP contribution in [0.2, 0.25) is 0 Å². The molecule has 0 radical (unpaired) electrons. The fourth-order valence-corrected chi connectivity index (χ4v) is 1.92. The van der Waals surface area contributed by atoms with Crippen LogP contribution in [0, 0.1) is 0 Å². The second-order valence-electron chi connectivity index (χ2n) is 4.04. The summed E-state index contributed by atoms with van der Waals surface area (Å²) in [5, 5.41) is 8.76. The number of nitrogens with zero attached hydrogens (tertiary/aromatic N) is 1. The van der Waals surface area contributed by atoms with Crippen LogP contribution in [0.25, 0.3) is 0 Å². The van der Waals surface area contributed by atoms with Gasteiger partial charge >= 0.3 is 5.97 Å². The SMILES string of the molecule is N[C@H](C(=O)O)c1ccc(N2CCCCC2)o1. The Morgan fingerprint density at radius 3 is 2.69 bits per heavy atom. The zero-order valence-corrected chi connectivity index (χ0v) is 9.06. The van der Waals surface area contributed by atoms with E-state index in [4.69, 9.17) is 15.3 Å². The molecule has 1 aliphatic heterocycles. The first-order valence-electron chi connectivity index (χ1n) is 5.51. The molecule has 0 unspecified atom stereocenters. The summed E-state index contributed by atoms with van der Waals surface area (Å²) < 4.78 is 5.47. The average Bonchev–Trinajstić information content (AvgIpc) is 2.78. The number of anilines is 1. The van der Waals surface area contributed by atoms with Gasteiger partial charge in [0.15, 0.2) is 11.9 Å². The highest BCUT2D eigenvalue weighted by Crippen LogP contribution is 2.24. The van der Waals surface area contributed by atoms with Gasteiger partial charge in [-0.2, -0.15) is 0 Å². The zero-order valence-electron chi connectivity index (χ0n) is 9.06. The van der Waals surface area contributed by atoms with Crippen LogP contribution >= 0.6 is 0 Å². The molecule has 0 aliphatic carbocycles. The van der Waals surface area contributed by atoms with Crippen molar-refractivity contribution in [2.75, 3.05) is 18.0 Å². The fourth-order valence-electron chi connectivity index (χ4n) is 1.92. The Labute approximate surface area is 93.8 Å². The van der Waals surface area contributed by atoms with Gasteiger partial charge in [0.1, 0.15) is 5.76 Å². The van der Waals surface area contributed by atoms with E-state index < -0.39 is 12.0 Å². The molecule has 0 bridgehead atoms. The highest BCUT2D eigenvalue weighted by atomic mass is 16.4. The van der Waals surface area contributed by atoms with E-state index in [1.807, 2.05) is 0 Å². The number of carbonyl (C=O) groups is 1. The molecule has 88 valence electrons. The number of rotatable bonds is 3. The number of furan rings is 1. The molecule has 0 saturated carbocycles. The van der Waals surface area contributed by atoms with Crippen molar-refractivity contribution in [2.45, 2.75) is 25.3 Å². The van der Waals surface area contributed by atoms with Crippen LogP contribution < -0.4 is 10.6 Å². The third-order valence-electron chi connectivity index (χ3n) is 2.85. The molecular formula is C11H16N2O3. The summed E-state index contributed by atoms with van der Waals surface area (Å²) in [6.07, 6.45) is 3.56. The van der Waals surface area contributed by atoms with Crippen molar-refractivity contribution in [2.24, 2.45) is 5.73 Å². The molecule has 1 aromatic rings. The fraction of sp³-hybridized carbons (Fsp3) is 0.545. The summed E-state index contributed by atoms with van der Waals surface area (Å²) in [7, 11) is 0. The van der Waals surface area contributed by atoms with E-state index in [-0.39, 0.29) is 0 Å². The van der Waals surface area contributed by atoms with Gasteiger partial charge in [0.25, 0.3) is 0 Å². The molecule has 16 heavy (non-hydrogen) atoms. The summed E-state index contributed by atoms with van der Waals surface area (Å²) >= 11 is 0. The molecule has 1 atom stereocenters. The van der Waals surface area contributed by atoms with Gasteiger partial charge in [0, 0.05) is 19.2 Å². The van der Waals surface area contributed by atoms with E-state index in [1.54, 1.807) is 12.1 Å². The molecule has 1 saturated heterocycles. The van der Waals surface area contributed by atoms with E-state index in [2.05, 4.69) is 4.90 Å². The molecule has 1 aliphatic rings. The Morgan fingerprint density at radius 1 is 1.38 bits per heavy atom. The second-order valence-corrected chi connectivity index (χ2v) is 4.04. The van der Waals surface area contributed by atoms with E-state index in [0.717, 1.165) is 31.8 Å². The molecule has 0 amide bonds. The maximum atomic E-state index is 10.7. The van der Waals surface area contributed by atoms with Crippen LogP contribution in [-0.2, 0) is 4.79 Å². The summed E-state index contributed by atoms with van der Waals surface area (Å²) in [4.78, 5) is 12.8. The predicted octanol–water partition coefficient (Wildman–Crippen LogP) is 1.35. The normalized spacial score (nSPS) is 18.4. The van der Waals surface area contributed by atoms with Gasteiger partial charge < -0.3 is 20.2 Å². The van der Waals surface area contributed by atoms with E-state index >= 15 is 0 Å². The Balaban J connectivity index is 2.09. The maximum absolute atomic E-state index is 10.7. The van der Waals surface area contributed by atoms with E-state index in [1.165, 1.54) is 6.42 Å². The Kier molecular flexibility index (Phi) is 3.14. The first-order chi connectivity index (χ1) is 7.68. The number of carboxylic acid groups (broad SMARTS) is 1. The lowest BCUT2D eigenvalue weighted by molar-refractivity contribution is -0.139. The molecule has 0 aromatic carbocycles. The van der Waals surface area contributed by atoms with Crippen molar-refractivity contribution in [3.05, 3.63) is 17.9 Å². The predicted molar refractivity (Wildman–Crippen MR) is 59.3 cm³/mol. The lowest BCUT2D eigenvalue weighted by Gasteiger charge is -2.26. The highest BCUT2D eigenvalue weighted by Gasteiger charge is 2.20. The molecule has 0 spiro atoms. The van der Waals surface area contributed by atoms with Gasteiger partial charge in [-0.3, -0.25) is 4.79 Å². The quantitative estimate of drug-likeness (QED) is 0.810. The smallest absolute Gasteiger partial charge is 0.328 e. The minimum absolute atomic E-state index is 0.313. The lowest BCUT2D eigenvalue weighted by Crippen LogP contribution is -2.29. The monoisotopic (exact) mass is 224 g/mol. The topological polar surface area (TPSA) is 79.7 Å². The number of carboxylic acids is 1. The van der Waals surface area contributed by atoms with Crippen molar-refractivity contribution in [3.8, 4) is 0 Å². The van der Waals surface area contributed by atoms with Crippen molar-refractivity contribution in [1.29, 1.82) is 0 Å². The van der Waals surface area contributed by atoms with E-state index in [9.17, 15) is 4.79 Å². The molecule has 1 aromatic heterocycles.